The molecular formula is C5H12N2O. The first-order chi connectivity index (χ1) is 3.72. The van der Waals surface area contributed by atoms with Crippen molar-refractivity contribution in [2.75, 3.05) is 6.54 Å². The van der Waals surface area contributed by atoms with E-state index in [-0.39, 0.29) is 12.0 Å². The minimum Gasteiger partial charge on any atom is -0.328 e. The maximum Gasteiger partial charge on any atom is 0.106 e. The van der Waals surface area contributed by atoms with Gasteiger partial charge in [-0.1, -0.05) is 19.0 Å². The zero-order valence-electron chi connectivity index (χ0n) is 5.29. The summed E-state index contributed by atoms with van der Waals surface area (Å²) in [5.41, 5.74) is 5.19. The largest absolute Gasteiger partial charge is 0.328 e. The van der Waals surface area contributed by atoms with Gasteiger partial charge in [0.15, 0.2) is 0 Å². The number of hydrogen-bond donors (Lipinski definition) is 1. The molecule has 0 bridgehead atoms. The van der Waals surface area contributed by atoms with Crippen molar-refractivity contribution in [1.82, 2.24) is 0 Å². The van der Waals surface area contributed by atoms with E-state index in [9.17, 15) is 4.91 Å². The lowest BCUT2D eigenvalue weighted by Gasteiger charge is -2.07. The molecule has 48 valence electrons. The Bertz CT molecular complexity index is 72.8. The van der Waals surface area contributed by atoms with Crippen LogP contribution in [0.25, 0.3) is 0 Å². The monoisotopic (exact) mass is 116 g/mol. The van der Waals surface area contributed by atoms with Crippen molar-refractivity contribution in [1.29, 1.82) is 0 Å². The standard InChI is InChI=1S/C5H12N2O/c1-4(2)5(3-6)7-8/h4-5H,3,6H2,1-2H3. The lowest BCUT2D eigenvalue weighted by Crippen LogP contribution is -2.22. The van der Waals surface area contributed by atoms with Gasteiger partial charge in [0.05, 0.1) is 0 Å². The first-order valence-corrected chi connectivity index (χ1v) is 2.75. The fraction of sp³-hybridized carbons (Fsp3) is 1.00. The fourth-order valence-corrected chi connectivity index (χ4v) is 0.437. The van der Waals surface area contributed by atoms with Gasteiger partial charge in [0.25, 0.3) is 0 Å². The molecule has 0 heterocycles. The van der Waals surface area contributed by atoms with Crippen LogP contribution in [0.1, 0.15) is 13.8 Å². The van der Waals surface area contributed by atoms with Gasteiger partial charge in [-0.25, -0.2) is 0 Å². The summed E-state index contributed by atoms with van der Waals surface area (Å²) in [6.45, 7) is 4.22. The van der Waals surface area contributed by atoms with Crippen LogP contribution in [-0.2, 0) is 0 Å². The molecule has 0 aromatic rings. The predicted octanol–water partition coefficient (Wildman–Crippen LogP) is 0.736. The van der Waals surface area contributed by atoms with Gasteiger partial charge in [0.2, 0.25) is 0 Å². The second-order valence-electron chi connectivity index (χ2n) is 2.15. The molecule has 2 N–H and O–H groups in total. The van der Waals surface area contributed by atoms with E-state index in [0.717, 1.165) is 0 Å². The molecule has 0 spiro atoms. The smallest absolute Gasteiger partial charge is 0.106 e. The highest BCUT2D eigenvalue weighted by molar-refractivity contribution is 4.68. The topological polar surface area (TPSA) is 55.4 Å². The van der Waals surface area contributed by atoms with Gasteiger partial charge < -0.3 is 5.73 Å². The van der Waals surface area contributed by atoms with Crippen LogP contribution < -0.4 is 5.73 Å². The Balaban J connectivity index is 3.51. The van der Waals surface area contributed by atoms with E-state index in [0.29, 0.717) is 6.54 Å². The van der Waals surface area contributed by atoms with E-state index in [4.69, 9.17) is 5.73 Å². The Labute approximate surface area is 49.2 Å². The first kappa shape index (κ1) is 7.56. The SMILES string of the molecule is CC(C)C(CN)N=O. The Kier molecular flexibility index (Phi) is 3.35. The Morgan fingerprint density at radius 3 is 2.12 bits per heavy atom. The van der Waals surface area contributed by atoms with Gasteiger partial charge in [-0.2, -0.15) is 4.91 Å². The molecule has 0 aliphatic heterocycles. The van der Waals surface area contributed by atoms with Crippen LogP contribution in [0.2, 0.25) is 0 Å². The highest BCUT2D eigenvalue weighted by atomic mass is 16.3. The van der Waals surface area contributed by atoms with Crippen LogP contribution in [-0.4, -0.2) is 12.6 Å². The molecule has 0 aromatic heterocycles. The molecular weight excluding hydrogens is 104 g/mol. The van der Waals surface area contributed by atoms with Crippen molar-refractivity contribution in [3.05, 3.63) is 4.91 Å². The third kappa shape index (κ3) is 2.02. The summed E-state index contributed by atoms with van der Waals surface area (Å²) in [7, 11) is 0. The molecule has 0 saturated carbocycles. The van der Waals surface area contributed by atoms with Gasteiger partial charge in [-0.3, -0.25) is 0 Å². The van der Waals surface area contributed by atoms with Gasteiger partial charge in [-0.05, 0) is 5.92 Å². The Morgan fingerprint density at radius 2 is 2.12 bits per heavy atom. The molecule has 0 aromatic carbocycles. The minimum absolute atomic E-state index is 0.199. The van der Waals surface area contributed by atoms with E-state index < -0.39 is 0 Å². The molecule has 1 atom stereocenters. The lowest BCUT2D eigenvalue weighted by atomic mass is 10.1. The van der Waals surface area contributed by atoms with Crippen LogP contribution in [0.4, 0.5) is 0 Å². The van der Waals surface area contributed by atoms with Crippen molar-refractivity contribution in [3.63, 3.8) is 0 Å². The highest BCUT2D eigenvalue weighted by Gasteiger charge is 2.09. The van der Waals surface area contributed by atoms with E-state index in [1.54, 1.807) is 0 Å². The summed E-state index contributed by atoms with van der Waals surface area (Å²) in [5.74, 6) is 0.275. The third-order valence-electron chi connectivity index (χ3n) is 1.15. The van der Waals surface area contributed by atoms with E-state index in [1.165, 1.54) is 0 Å². The quantitative estimate of drug-likeness (QED) is 0.553. The molecule has 0 saturated heterocycles. The van der Waals surface area contributed by atoms with Crippen LogP contribution in [0.5, 0.6) is 0 Å². The summed E-state index contributed by atoms with van der Waals surface area (Å²) < 4.78 is 0. The number of nitrogens with two attached hydrogens (primary N) is 1. The fourth-order valence-electron chi connectivity index (χ4n) is 0.437. The second-order valence-corrected chi connectivity index (χ2v) is 2.15. The molecule has 0 fully saturated rings. The van der Waals surface area contributed by atoms with Gasteiger partial charge in [0.1, 0.15) is 6.04 Å². The summed E-state index contributed by atoms with van der Waals surface area (Å²) in [6.07, 6.45) is 0. The molecule has 0 aliphatic rings. The normalized spacial score (nSPS) is 14.0. The Hall–Kier alpha value is -0.440. The van der Waals surface area contributed by atoms with Crippen LogP contribution in [0.3, 0.4) is 0 Å². The number of rotatable bonds is 3. The first-order valence-electron chi connectivity index (χ1n) is 2.75. The van der Waals surface area contributed by atoms with Gasteiger partial charge in [0, 0.05) is 6.54 Å². The van der Waals surface area contributed by atoms with Crippen molar-refractivity contribution in [3.8, 4) is 0 Å². The van der Waals surface area contributed by atoms with Crippen LogP contribution >= 0.6 is 0 Å². The van der Waals surface area contributed by atoms with Crippen molar-refractivity contribution in [2.24, 2.45) is 16.8 Å². The zero-order chi connectivity index (χ0) is 6.57. The highest BCUT2D eigenvalue weighted by Crippen LogP contribution is 2.02. The molecule has 0 amide bonds. The molecule has 1 unspecified atom stereocenters. The third-order valence-corrected chi connectivity index (χ3v) is 1.15. The average molecular weight is 116 g/mol. The van der Waals surface area contributed by atoms with E-state index in [2.05, 4.69) is 5.18 Å². The van der Waals surface area contributed by atoms with Crippen LogP contribution in [0, 0.1) is 10.8 Å². The van der Waals surface area contributed by atoms with Crippen molar-refractivity contribution >= 4 is 0 Å². The number of hydrogen-bond acceptors (Lipinski definition) is 3. The molecule has 8 heavy (non-hydrogen) atoms. The molecule has 0 rings (SSSR count). The molecule has 0 radical (unpaired) electrons. The molecule has 3 nitrogen and oxygen atoms in total. The zero-order valence-corrected chi connectivity index (χ0v) is 5.29. The summed E-state index contributed by atoms with van der Waals surface area (Å²) in [5, 5.41) is 2.83. The Morgan fingerprint density at radius 1 is 1.62 bits per heavy atom. The predicted molar refractivity (Wildman–Crippen MR) is 33.5 cm³/mol. The van der Waals surface area contributed by atoms with Gasteiger partial charge >= 0.3 is 0 Å². The maximum atomic E-state index is 9.85. The number of nitroso groups, excluding NO2 is 1. The molecule has 3 heteroatoms. The van der Waals surface area contributed by atoms with Crippen LogP contribution in [0.15, 0.2) is 5.18 Å². The second kappa shape index (κ2) is 3.55. The minimum atomic E-state index is -0.199. The van der Waals surface area contributed by atoms with E-state index >= 15 is 0 Å². The summed E-state index contributed by atoms with van der Waals surface area (Å²) >= 11 is 0. The van der Waals surface area contributed by atoms with Crippen molar-refractivity contribution < 1.29 is 0 Å². The lowest BCUT2D eigenvalue weighted by molar-refractivity contribution is 0.500. The van der Waals surface area contributed by atoms with Crippen molar-refractivity contribution in [2.45, 2.75) is 19.9 Å². The van der Waals surface area contributed by atoms with Gasteiger partial charge in [-0.15, -0.1) is 0 Å². The maximum absolute atomic E-state index is 9.85. The van der Waals surface area contributed by atoms with E-state index in [1.807, 2.05) is 13.8 Å². The molecule has 0 aliphatic carbocycles. The summed E-state index contributed by atoms with van der Waals surface area (Å²) in [6, 6.07) is -0.199. The average Bonchev–Trinajstić information content (AvgIpc) is 1.69. The number of nitrogens with zero attached hydrogens (tertiary/aromatic N) is 1. The summed E-state index contributed by atoms with van der Waals surface area (Å²) in [4.78, 5) is 9.85.